The Labute approximate surface area is 247 Å². The van der Waals surface area contributed by atoms with E-state index in [4.69, 9.17) is 17.2 Å². The van der Waals surface area contributed by atoms with E-state index < -0.39 is 5.91 Å². The third-order valence-electron chi connectivity index (χ3n) is 7.17. The summed E-state index contributed by atoms with van der Waals surface area (Å²) in [6.45, 7) is 9.30. The molecule has 0 unspecified atom stereocenters. The Morgan fingerprint density at radius 2 is 1.66 bits per heavy atom. The first-order valence-corrected chi connectivity index (χ1v) is 14.8. The fraction of sp³-hybridized carbons (Fsp3) is 0.300. The van der Waals surface area contributed by atoms with Crippen LogP contribution in [-0.4, -0.2) is 42.1 Å². The van der Waals surface area contributed by atoms with Crippen LogP contribution in [0.1, 0.15) is 43.5 Å². The van der Waals surface area contributed by atoms with E-state index in [-0.39, 0.29) is 26.0 Å². The van der Waals surface area contributed by atoms with Gasteiger partial charge in [-0.1, -0.05) is 62.1 Å². The highest BCUT2D eigenvalue weighted by molar-refractivity contribution is 8.27. The zero-order chi connectivity index (χ0) is 29.4. The number of pyridine rings is 1. The number of hydrogen-bond donors (Lipinski definition) is 0. The maximum absolute atomic E-state index is 13.9. The van der Waals surface area contributed by atoms with E-state index in [2.05, 4.69) is 18.7 Å². The minimum Gasteiger partial charge on any atom is -0.356 e. The van der Waals surface area contributed by atoms with Crippen LogP contribution in [-0.2, 0) is 11.8 Å². The zero-order valence-corrected chi connectivity index (χ0v) is 25.4. The number of amides is 1. The molecule has 1 saturated heterocycles. The van der Waals surface area contributed by atoms with Gasteiger partial charge in [0.05, 0.1) is 21.8 Å². The van der Waals surface area contributed by atoms with Crippen LogP contribution < -0.4 is 20.9 Å². The molecule has 5 rings (SSSR count). The van der Waals surface area contributed by atoms with Crippen molar-refractivity contribution in [2.24, 2.45) is 7.05 Å². The largest absolute Gasteiger partial charge is 0.356 e. The third-order valence-corrected chi connectivity index (χ3v) is 8.47. The molecule has 0 atom stereocenters. The molecule has 0 spiro atoms. The van der Waals surface area contributed by atoms with Crippen LogP contribution in [0.4, 0.5) is 11.5 Å². The molecular weight excluding hydrogens is 557 g/mol. The minimum absolute atomic E-state index is 0.199. The second-order valence-electron chi connectivity index (χ2n) is 9.95. The Balaban J connectivity index is 1.66. The van der Waals surface area contributed by atoms with Crippen LogP contribution >= 0.6 is 24.0 Å². The molecule has 4 aromatic rings. The van der Waals surface area contributed by atoms with Crippen molar-refractivity contribution in [2.45, 2.75) is 40.5 Å². The predicted molar refractivity (Wildman–Crippen MR) is 170 cm³/mol. The summed E-state index contributed by atoms with van der Waals surface area (Å²) in [4.78, 5) is 50.0. The number of hydrogen-bond acceptors (Lipinski definition) is 7. The van der Waals surface area contributed by atoms with Crippen molar-refractivity contribution < 1.29 is 4.79 Å². The molecule has 0 radical (unpaired) electrons. The molecule has 1 amide bonds. The molecule has 0 aliphatic carbocycles. The van der Waals surface area contributed by atoms with E-state index in [9.17, 15) is 14.4 Å². The molecule has 1 aromatic carbocycles. The first kappa shape index (κ1) is 28.6. The summed E-state index contributed by atoms with van der Waals surface area (Å²) in [5.74, 6) is 0.101. The van der Waals surface area contributed by atoms with E-state index in [0.717, 1.165) is 30.2 Å². The van der Waals surface area contributed by atoms with Crippen LogP contribution in [0.3, 0.4) is 0 Å². The molecule has 1 aliphatic rings. The van der Waals surface area contributed by atoms with Crippen LogP contribution in [0.25, 0.3) is 17.4 Å². The van der Waals surface area contributed by atoms with Crippen molar-refractivity contribution in [2.75, 3.05) is 22.9 Å². The monoisotopic (exact) mass is 588 g/mol. The van der Waals surface area contributed by atoms with Gasteiger partial charge in [-0.25, -0.2) is 9.67 Å². The predicted octanol–water partition coefficient (Wildman–Crippen LogP) is 4.83. The fourth-order valence-electron chi connectivity index (χ4n) is 5.13. The Kier molecular flexibility index (Phi) is 8.01. The fourth-order valence-corrected chi connectivity index (χ4v) is 6.39. The van der Waals surface area contributed by atoms with Crippen LogP contribution in [0.15, 0.2) is 63.2 Å². The summed E-state index contributed by atoms with van der Waals surface area (Å²) in [6, 6.07) is 13.0. The average molecular weight is 589 g/mol. The van der Waals surface area contributed by atoms with Gasteiger partial charge in [0.25, 0.3) is 17.0 Å². The lowest BCUT2D eigenvalue weighted by molar-refractivity contribution is -0.113. The highest BCUT2D eigenvalue weighted by Crippen LogP contribution is 2.37. The summed E-state index contributed by atoms with van der Waals surface area (Å²) in [7, 11) is 1.77. The average Bonchev–Trinajstić information content (AvgIpc) is 3.35. The smallest absolute Gasteiger partial charge is 0.296 e. The van der Waals surface area contributed by atoms with Crippen molar-refractivity contribution in [3.63, 3.8) is 0 Å². The normalized spacial score (nSPS) is 14.6. The summed E-state index contributed by atoms with van der Waals surface area (Å²) < 4.78 is 4.97. The van der Waals surface area contributed by atoms with Gasteiger partial charge in [0.2, 0.25) is 0 Å². The van der Waals surface area contributed by atoms with Crippen molar-refractivity contribution in [3.05, 3.63) is 91.1 Å². The first-order chi connectivity index (χ1) is 19.7. The molecule has 9 nitrogen and oxygen atoms in total. The SMILES string of the molecule is CCCN(CCC)c1nc2c(C)cccn2c(=O)c1C=C1SC(=S)N(c2c(C)n(C)n(-c3ccccc3)c2=O)C1=O. The molecular formula is C30H32N6O3S2. The van der Waals surface area contributed by atoms with Gasteiger partial charge in [-0.3, -0.25) is 28.4 Å². The van der Waals surface area contributed by atoms with Gasteiger partial charge >= 0.3 is 0 Å². The van der Waals surface area contributed by atoms with E-state index in [1.807, 2.05) is 43.3 Å². The summed E-state index contributed by atoms with van der Waals surface area (Å²) >= 11 is 6.72. The van der Waals surface area contributed by atoms with E-state index in [0.29, 0.717) is 41.5 Å². The quantitative estimate of drug-likeness (QED) is 0.215. The second kappa shape index (κ2) is 11.5. The molecule has 0 bridgehead atoms. The number of para-hydroxylation sites is 1. The van der Waals surface area contributed by atoms with Gasteiger partial charge in [-0.2, -0.15) is 0 Å². The first-order valence-electron chi connectivity index (χ1n) is 13.6. The van der Waals surface area contributed by atoms with Crippen molar-refractivity contribution in [3.8, 4) is 5.69 Å². The molecule has 4 heterocycles. The molecule has 41 heavy (non-hydrogen) atoms. The van der Waals surface area contributed by atoms with Crippen molar-refractivity contribution in [1.82, 2.24) is 18.7 Å². The van der Waals surface area contributed by atoms with Crippen molar-refractivity contribution >= 4 is 57.4 Å². The number of aromatic nitrogens is 4. The van der Waals surface area contributed by atoms with Crippen LogP contribution in [0.2, 0.25) is 0 Å². The Bertz CT molecular complexity index is 1810. The topological polar surface area (TPSA) is 84.8 Å². The number of carbonyl (C=O) groups is 1. The number of fused-ring (bicyclic) bond motifs is 1. The molecule has 1 aliphatic heterocycles. The maximum Gasteiger partial charge on any atom is 0.296 e. The van der Waals surface area contributed by atoms with E-state index >= 15 is 0 Å². The molecule has 11 heteroatoms. The van der Waals surface area contributed by atoms with E-state index in [1.165, 1.54) is 14.0 Å². The van der Waals surface area contributed by atoms with Gasteiger partial charge in [0.15, 0.2) is 4.32 Å². The lowest BCUT2D eigenvalue weighted by Crippen LogP contribution is -2.33. The molecule has 0 N–H and O–H groups in total. The standard InChI is InChI=1S/C30H32N6O3S2/c1-6-15-33(16-7-2)26-22(27(37)34-17-11-12-19(3)25(34)31-26)18-23-28(38)35(30(40)41-23)24-20(4)32(5)36(29(24)39)21-13-9-8-10-14-21/h8-14,17-18H,6-7,15-16H2,1-5H3. The zero-order valence-electron chi connectivity index (χ0n) is 23.7. The van der Waals surface area contributed by atoms with Crippen LogP contribution in [0.5, 0.6) is 0 Å². The number of thiocarbonyl (C=S) groups is 1. The number of aryl methyl sites for hydroxylation is 1. The molecule has 3 aromatic heterocycles. The van der Waals surface area contributed by atoms with Gasteiger partial charge in [-0.05, 0) is 56.5 Å². The van der Waals surface area contributed by atoms with Gasteiger partial charge in [-0.15, -0.1) is 0 Å². The number of nitrogens with zero attached hydrogens (tertiary/aromatic N) is 6. The molecule has 1 fully saturated rings. The lowest BCUT2D eigenvalue weighted by Gasteiger charge is -2.25. The maximum atomic E-state index is 13.9. The number of thioether (sulfide) groups is 1. The number of anilines is 2. The Morgan fingerprint density at radius 3 is 2.32 bits per heavy atom. The van der Waals surface area contributed by atoms with Crippen molar-refractivity contribution in [1.29, 1.82) is 0 Å². The highest BCUT2D eigenvalue weighted by Gasteiger charge is 2.38. The summed E-state index contributed by atoms with van der Waals surface area (Å²) in [6.07, 6.45) is 5.02. The van der Waals surface area contributed by atoms with Gasteiger partial charge in [0.1, 0.15) is 17.2 Å². The lowest BCUT2D eigenvalue weighted by atomic mass is 10.2. The summed E-state index contributed by atoms with van der Waals surface area (Å²) in [5, 5.41) is 0. The molecule has 0 saturated carbocycles. The number of rotatable bonds is 8. The highest BCUT2D eigenvalue weighted by atomic mass is 32.2. The molecule has 212 valence electrons. The Hall–Kier alpha value is -3.96. The third kappa shape index (κ3) is 4.93. The Morgan fingerprint density at radius 1 is 0.976 bits per heavy atom. The van der Waals surface area contributed by atoms with Gasteiger partial charge < -0.3 is 4.90 Å². The number of benzene rings is 1. The summed E-state index contributed by atoms with van der Waals surface area (Å²) in [5.41, 5.74) is 2.64. The van der Waals surface area contributed by atoms with Gasteiger partial charge in [0, 0.05) is 26.3 Å². The minimum atomic E-state index is -0.441. The van der Waals surface area contributed by atoms with Crippen LogP contribution in [0, 0.1) is 13.8 Å². The second-order valence-corrected chi connectivity index (χ2v) is 11.6. The van der Waals surface area contributed by atoms with E-state index in [1.54, 1.807) is 37.0 Å². The number of carbonyl (C=O) groups excluding carboxylic acids is 1.